The molecule has 0 aromatic heterocycles. The fourth-order valence-electron chi connectivity index (χ4n) is 2.45. The molecule has 24 heavy (non-hydrogen) atoms. The first-order valence-electron chi connectivity index (χ1n) is 7.98. The smallest absolute Gasteiger partial charge is 0.267 e. The molecule has 0 aliphatic heterocycles. The third kappa shape index (κ3) is 3.82. The quantitative estimate of drug-likeness (QED) is 0.852. The molecule has 4 heteroatoms. The van der Waals surface area contributed by atoms with Crippen molar-refractivity contribution in [3.63, 3.8) is 0 Å². The SMILES string of the molecule is Cc1ccccc1C(=O)NN(C(=O)c1ccccc1C)C(C)(C)C. The topological polar surface area (TPSA) is 49.4 Å². The molecule has 126 valence electrons. The Bertz CT molecular complexity index is 760. The molecule has 0 aliphatic rings. The van der Waals surface area contributed by atoms with Crippen molar-refractivity contribution in [3.8, 4) is 0 Å². The Labute approximate surface area is 143 Å². The summed E-state index contributed by atoms with van der Waals surface area (Å²) in [7, 11) is 0. The van der Waals surface area contributed by atoms with Gasteiger partial charge in [0.1, 0.15) is 0 Å². The van der Waals surface area contributed by atoms with E-state index in [9.17, 15) is 9.59 Å². The van der Waals surface area contributed by atoms with E-state index in [0.29, 0.717) is 11.1 Å². The summed E-state index contributed by atoms with van der Waals surface area (Å²) in [6, 6.07) is 14.7. The first kappa shape index (κ1) is 17.7. The minimum Gasteiger partial charge on any atom is -0.267 e. The number of carbonyl (C=O) groups excluding carboxylic acids is 2. The lowest BCUT2D eigenvalue weighted by molar-refractivity contribution is 0.0357. The van der Waals surface area contributed by atoms with Crippen LogP contribution >= 0.6 is 0 Å². The lowest BCUT2D eigenvalue weighted by Gasteiger charge is -2.36. The van der Waals surface area contributed by atoms with Crippen LogP contribution < -0.4 is 5.43 Å². The molecule has 2 amide bonds. The lowest BCUT2D eigenvalue weighted by atomic mass is 10.0. The van der Waals surface area contributed by atoms with E-state index in [-0.39, 0.29) is 11.8 Å². The Hall–Kier alpha value is -2.62. The van der Waals surface area contributed by atoms with Gasteiger partial charge in [0, 0.05) is 11.1 Å². The molecule has 0 saturated heterocycles. The molecule has 2 rings (SSSR count). The molecule has 1 N–H and O–H groups in total. The maximum Gasteiger partial charge on any atom is 0.273 e. The zero-order valence-electron chi connectivity index (χ0n) is 14.9. The minimum atomic E-state index is -0.558. The number of hydrazine groups is 1. The number of aryl methyl sites for hydroxylation is 2. The predicted octanol–water partition coefficient (Wildman–Crippen LogP) is 3.89. The zero-order chi connectivity index (χ0) is 17.9. The second kappa shape index (κ2) is 6.87. The van der Waals surface area contributed by atoms with E-state index < -0.39 is 5.54 Å². The fourth-order valence-corrected chi connectivity index (χ4v) is 2.45. The molecule has 2 aromatic rings. The summed E-state index contributed by atoms with van der Waals surface area (Å²) in [6.07, 6.45) is 0. The van der Waals surface area contributed by atoms with Gasteiger partial charge >= 0.3 is 0 Å². The number of hydrogen-bond acceptors (Lipinski definition) is 2. The highest BCUT2D eigenvalue weighted by molar-refractivity contribution is 6.00. The maximum atomic E-state index is 13.0. The van der Waals surface area contributed by atoms with E-state index in [1.807, 2.05) is 71.0 Å². The van der Waals surface area contributed by atoms with Crippen LogP contribution in [-0.2, 0) is 0 Å². The third-order valence-corrected chi connectivity index (χ3v) is 3.85. The zero-order valence-corrected chi connectivity index (χ0v) is 14.9. The molecule has 0 aliphatic carbocycles. The van der Waals surface area contributed by atoms with Gasteiger partial charge in [-0.2, -0.15) is 0 Å². The van der Waals surface area contributed by atoms with Gasteiger partial charge in [0.25, 0.3) is 11.8 Å². The highest BCUT2D eigenvalue weighted by Gasteiger charge is 2.30. The van der Waals surface area contributed by atoms with Gasteiger partial charge in [-0.15, -0.1) is 0 Å². The van der Waals surface area contributed by atoms with Crippen LogP contribution in [0.4, 0.5) is 0 Å². The monoisotopic (exact) mass is 324 g/mol. The van der Waals surface area contributed by atoms with E-state index in [1.54, 1.807) is 12.1 Å². The number of carbonyl (C=O) groups is 2. The summed E-state index contributed by atoms with van der Waals surface area (Å²) in [6.45, 7) is 9.43. The van der Waals surface area contributed by atoms with Gasteiger partial charge in [0.2, 0.25) is 0 Å². The highest BCUT2D eigenvalue weighted by Crippen LogP contribution is 2.18. The molecular weight excluding hydrogens is 300 g/mol. The van der Waals surface area contributed by atoms with E-state index in [0.717, 1.165) is 11.1 Å². The van der Waals surface area contributed by atoms with Crippen LogP contribution in [0.2, 0.25) is 0 Å². The maximum absolute atomic E-state index is 13.0. The van der Waals surface area contributed by atoms with Crippen LogP contribution in [0.3, 0.4) is 0 Å². The first-order chi connectivity index (χ1) is 11.2. The lowest BCUT2D eigenvalue weighted by Crippen LogP contribution is -2.56. The van der Waals surface area contributed by atoms with Gasteiger partial charge in [-0.05, 0) is 57.9 Å². The number of rotatable bonds is 2. The Kier molecular flexibility index (Phi) is 5.07. The number of amides is 2. The van der Waals surface area contributed by atoms with Gasteiger partial charge in [-0.25, -0.2) is 5.01 Å². The first-order valence-corrected chi connectivity index (χ1v) is 7.98. The summed E-state index contributed by atoms with van der Waals surface area (Å²) in [5, 5.41) is 1.41. The number of hydrogen-bond donors (Lipinski definition) is 1. The number of nitrogens with one attached hydrogen (secondary N) is 1. The van der Waals surface area contributed by atoms with Gasteiger partial charge in [-0.3, -0.25) is 15.0 Å². The van der Waals surface area contributed by atoms with Crippen molar-refractivity contribution in [1.29, 1.82) is 0 Å². The van der Waals surface area contributed by atoms with Crippen molar-refractivity contribution in [2.45, 2.75) is 40.2 Å². The normalized spacial score (nSPS) is 11.0. The number of benzene rings is 2. The molecule has 0 bridgehead atoms. The fraction of sp³-hybridized carbons (Fsp3) is 0.300. The molecule has 0 spiro atoms. The predicted molar refractivity (Wildman–Crippen MR) is 95.7 cm³/mol. The Morgan fingerprint density at radius 2 is 1.29 bits per heavy atom. The second-order valence-corrected chi connectivity index (χ2v) is 6.88. The van der Waals surface area contributed by atoms with Crippen molar-refractivity contribution >= 4 is 11.8 Å². The molecule has 0 saturated carbocycles. The van der Waals surface area contributed by atoms with E-state index in [2.05, 4.69) is 5.43 Å². The molecule has 0 radical (unpaired) electrons. The van der Waals surface area contributed by atoms with Gasteiger partial charge in [-0.1, -0.05) is 36.4 Å². The van der Waals surface area contributed by atoms with Gasteiger partial charge in [0.05, 0.1) is 5.54 Å². The Morgan fingerprint density at radius 1 is 0.833 bits per heavy atom. The average Bonchev–Trinajstić information content (AvgIpc) is 2.51. The Morgan fingerprint density at radius 3 is 1.75 bits per heavy atom. The van der Waals surface area contributed by atoms with Crippen LogP contribution in [0.1, 0.15) is 52.6 Å². The largest absolute Gasteiger partial charge is 0.273 e. The molecule has 0 fully saturated rings. The second-order valence-electron chi connectivity index (χ2n) is 6.88. The minimum absolute atomic E-state index is 0.220. The van der Waals surface area contributed by atoms with Crippen molar-refractivity contribution in [2.24, 2.45) is 0 Å². The van der Waals surface area contributed by atoms with Crippen LogP contribution in [0.5, 0.6) is 0 Å². The average molecular weight is 324 g/mol. The van der Waals surface area contributed by atoms with E-state index >= 15 is 0 Å². The third-order valence-electron chi connectivity index (χ3n) is 3.85. The molecular formula is C20H24N2O2. The molecule has 0 heterocycles. The summed E-state index contributed by atoms with van der Waals surface area (Å²) in [5.74, 6) is -0.507. The van der Waals surface area contributed by atoms with E-state index in [1.165, 1.54) is 5.01 Å². The summed E-state index contributed by atoms with van der Waals surface area (Å²) >= 11 is 0. The van der Waals surface area contributed by atoms with Crippen LogP contribution in [-0.4, -0.2) is 22.4 Å². The van der Waals surface area contributed by atoms with E-state index in [4.69, 9.17) is 0 Å². The molecule has 4 nitrogen and oxygen atoms in total. The molecule has 0 atom stereocenters. The highest BCUT2D eigenvalue weighted by atomic mass is 16.2. The van der Waals surface area contributed by atoms with Crippen molar-refractivity contribution in [2.75, 3.05) is 0 Å². The summed E-state index contributed by atoms with van der Waals surface area (Å²) in [4.78, 5) is 25.6. The van der Waals surface area contributed by atoms with Crippen molar-refractivity contribution < 1.29 is 9.59 Å². The van der Waals surface area contributed by atoms with Crippen LogP contribution in [0.25, 0.3) is 0 Å². The molecule has 2 aromatic carbocycles. The van der Waals surface area contributed by atoms with Crippen molar-refractivity contribution in [1.82, 2.24) is 10.4 Å². The standard InChI is InChI=1S/C20H24N2O2/c1-14-10-6-8-12-16(14)18(23)21-22(20(3,4)5)19(24)17-13-9-7-11-15(17)2/h6-13H,1-5H3,(H,21,23). The Balaban J connectivity index is 2.34. The van der Waals surface area contributed by atoms with Crippen molar-refractivity contribution in [3.05, 3.63) is 70.8 Å². The summed E-state index contributed by atoms with van der Waals surface area (Å²) in [5.41, 5.74) is 5.11. The number of nitrogens with zero attached hydrogens (tertiary/aromatic N) is 1. The van der Waals surface area contributed by atoms with Crippen LogP contribution in [0, 0.1) is 13.8 Å². The van der Waals surface area contributed by atoms with Gasteiger partial charge in [0.15, 0.2) is 0 Å². The van der Waals surface area contributed by atoms with Crippen LogP contribution in [0.15, 0.2) is 48.5 Å². The van der Waals surface area contributed by atoms with Gasteiger partial charge < -0.3 is 0 Å². The summed E-state index contributed by atoms with van der Waals surface area (Å²) < 4.78 is 0. The molecule has 0 unspecified atom stereocenters.